The number of ketones is 2. The van der Waals surface area contributed by atoms with Crippen LogP contribution in [0.25, 0.3) is 0 Å². The third kappa shape index (κ3) is 3.02. The molecular weight excluding hydrogens is 320 g/mol. The van der Waals surface area contributed by atoms with Crippen molar-refractivity contribution in [1.29, 1.82) is 0 Å². The molecule has 4 rings (SSSR count). The lowest BCUT2D eigenvalue weighted by molar-refractivity contribution is -0.133. The fourth-order valence-electron chi connectivity index (χ4n) is 6.71. The molecule has 0 spiro atoms. The molecular formula is C24H40O2. The maximum absolute atomic E-state index is 12.4. The maximum atomic E-state index is 12.4. The topological polar surface area (TPSA) is 34.1 Å². The lowest BCUT2D eigenvalue weighted by Crippen LogP contribution is -2.53. The number of hydrogen-bond acceptors (Lipinski definition) is 2. The van der Waals surface area contributed by atoms with Crippen molar-refractivity contribution in [3.8, 4) is 0 Å². The molecule has 6 unspecified atom stereocenters. The van der Waals surface area contributed by atoms with Crippen molar-refractivity contribution in [2.75, 3.05) is 0 Å². The number of carbonyl (C=O) groups excluding carboxylic acids is 2. The molecule has 148 valence electrons. The van der Waals surface area contributed by atoms with Crippen molar-refractivity contribution in [3.05, 3.63) is 11.6 Å². The molecule has 6 atom stereocenters. The number of allylic oxidation sites excluding steroid dienone is 1. The SMILES string of the molecule is CC.CC.CC1CC(=O)C=C2CCC3C4CCC(=O)C4(C)CCC3C21C. The second-order valence-electron chi connectivity index (χ2n) is 8.86. The van der Waals surface area contributed by atoms with Crippen LogP contribution < -0.4 is 0 Å². The van der Waals surface area contributed by atoms with Gasteiger partial charge in [-0.05, 0) is 67.3 Å². The predicted octanol–water partition coefficient (Wildman–Crippen LogP) is 6.39. The van der Waals surface area contributed by atoms with Crippen LogP contribution in [0.1, 0.15) is 93.4 Å². The first-order valence-corrected chi connectivity index (χ1v) is 11.1. The Kier molecular flexibility index (Phi) is 6.57. The minimum Gasteiger partial charge on any atom is -0.299 e. The van der Waals surface area contributed by atoms with Crippen molar-refractivity contribution in [3.63, 3.8) is 0 Å². The van der Waals surface area contributed by atoms with Gasteiger partial charge in [0, 0.05) is 18.3 Å². The van der Waals surface area contributed by atoms with Gasteiger partial charge in [0.2, 0.25) is 0 Å². The van der Waals surface area contributed by atoms with Gasteiger partial charge in [-0.25, -0.2) is 0 Å². The minimum atomic E-state index is -0.0352. The van der Waals surface area contributed by atoms with Gasteiger partial charge >= 0.3 is 0 Å². The van der Waals surface area contributed by atoms with E-state index in [9.17, 15) is 9.59 Å². The maximum Gasteiger partial charge on any atom is 0.155 e. The summed E-state index contributed by atoms with van der Waals surface area (Å²) < 4.78 is 0. The smallest absolute Gasteiger partial charge is 0.155 e. The fourth-order valence-corrected chi connectivity index (χ4v) is 6.71. The Balaban J connectivity index is 0.000000570. The van der Waals surface area contributed by atoms with Crippen LogP contribution in [-0.4, -0.2) is 11.6 Å². The first-order chi connectivity index (χ1) is 12.4. The lowest BCUT2D eigenvalue weighted by Gasteiger charge is -2.58. The molecule has 0 aromatic carbocycles. The summed E-state index contributed by atoms with van der Waals surface area (Å²) in [4.78, 5) is 24.4. The summed E-state index contributed by atoms with van der Waals surface area (Å²) in [5.74, 6) is 3.28. The molecule has 0 radical (unpaired) electrons. The normalized spacial score (nSPS) is 43.6. The van der Waals surface area contributed by atoms with Gasteiger partial charge in [0.05, 0.1) is 0 Å². The third-order valence-electron chi connectivity index (χ3n) is 8.22. The van der Waals surface area contributed by atoms with Gasteiger partial charge < -0.3 is 0 Å². The van der Waals surface area contributed by atoms with Gasteiger partial charge in [-0.3, -0.25) is 9.59 Å². The Morgan fingerprint density at radius 3 is 2.23 bits per heavy atom. The Morgan fingerprint density at radius 2 is 1.58 bits per heavy atom. The average Bonchev–Trinajstić information content (AvgIpc) is 2.95. The number of carbonyl (C=O) groups is 2. The zero-order valence-electron chi connectivity index (χ0n) is 18.2. The van der Waals surface area contributed by atoms with Gasteiger partial charge in [-0.15, -0.1) is 0 Å². The first-order valence-electron chi connectivity index (χ1n) is 11.1. The van der Waals surface area contributed by atoms with Crippen LogP contribution in [0.15, 0.2) is 11.6 Å². The van der Waals surface area contributed by atoms with E-state index in [0.29, 0.717) is 41.7 Å². The molecule has 2 nitrogen and oxygen atoms in total. The Bertz CT molecular complexity index is 575. The number of hydrogen-bond donors (Lipinski definition) is 0. The van der Waals surface area contributed by atoms with E-state index < -0.39 is 0 Å². The largest absolute Gasteiger partial charge is 0.299 e. The lowest BCUT2D eigenvalue weighted by atomic mass is 9.45. The third-order valence-corrected chi connectivity index (χ3v) is 8.22. The summed E-state index contributed by atoms with van der Waals surface area (Å²) in [5, 5.41) is 0. The highest BCUT2D eigenvalue weighted by Crippen LogP contribution is 2.65. The van der Waals surface area contributed by atoms with E-state index in [2.05, 4.69) is 20.8 Å². The zero-order chi connectivity index (χ0) is 19.7. The van der Waals surface area contributed by atoms with E-state index >= 15 is 0 Å². The number of fused-ring (bicyclic) bond motifs is 5. The van der Waals surface area contributed by atoms with E-state index in [1.807, 2.05) is 33.8 Å². The highest BCUT2D eigenvalue weighted by molar-refractivity contribution is 5.92. The summed E-state index contributed by atoms with van der Waals surface area (Å²) in [7, 11) is 0. The molecule has 0 amide bonds. The average molecular weight is 361 g/mol. The van der Waals surface area contributed by atoms with Gasteiger partial charge in [0.1, 0.15) is 5.78 Å². The quantitative estimate of drug-likeness (QED) is 0.502. The predicted molar refractivity (Wildman–Crippen MR) is 109 cm³/mol. The van der Waals surface area contributed by atoms with E-state index in [4.69, 9.17) is 0 Å². The van der Waals surface area contributed by atoms with Crippen LogP contribution >= 0.6 is 0 Å². The standard InChI is InChI=1S/C20H28O2.2C2H6/c1-12-10-14(21)11-13-4-5-15-16-6-7-18(22)19(16,2)9-8-17(15)20(12,13)3;2*1-2/h11-12,15-17H,4-10H2,1-3H3;2*1-2H3. The summed E-state index contributed by atoms with van der Waals surface area (Å²) in [6.45, 7) is 14.9. The number of Topliss-reactive ketones (excluding diaryl/α,β-unsaturated/α-hetero) is 1. The van der Waals surface area contributed by atoms with E-state index in [1.54, 1.807) is 0 Å². The Morgan fingerprint density at radius 1 is 0.923 bits per heavy atom. The summed E-state index contributed by atoms with van der Waals surface area (Å²) in [5.41, 5.74) is 1.58. The minimum absolute atomic E-state index is 0.0352. The van der Waals surface area contributed by atoms with Crippen LogP contribution in [-0.2, 0) is 9.59 Å². The zero-order valence-corrected chi connectivity index (χ0v) is 18.2. The molecule has 4 aliphatic rings. The molecule has 4 aliphatic carbocycles. The van der Waals surface area contributed by atoms with Gasteiger partial charge in [0.25, 0.3) is 0 Å². The Hall–Kier alpha value is -0.920. The van der Waals surface area contributed by atoms with Crippen molar-refractivity contribution < 1.29 is 9.59 Å². The van der Waals surface area contributed by atoms with Gasteiger partial charge in [-0.1, -0.05) is 54.0 Å². The van der Waals surface area contributed by atoms with Gasteiger partial charge in [-0.2, -0.15) is 0 Å². The van der Waals surface area contributed by atoms with Crippen LogP contribution in [0.2, 0.25) is 0 Å². The molecule has 0 saturated heterocycles. The fraction of sp³-hybridized carbons (Fsp3) is 0.833. The molecule has 0 aromatic rings. The van der Waals surface area contributed by atoms with E-state index in [1.165, 1.54) is 18.4 Å². The highest BCUT2D eigenvalue weighted by atomic mass is 16.1. The van der Waals surface area contributed by atoms with Crippen molar-refractivity contribution in [2.45, 2.75) is 93.4 Å². The molecule has 26 heavy (non-hydrogen) atoms. The van der Waals surface area contributed by atoms with Crippen molar-refractivity contribution >= 4 is 11.6 Å². The van der Waals surface area contributed by atoms with Crippen LogP contribution in [0.3, 0.4) is 0 Å². The van der Waals surface area contributed by atoms with E-state index in [0.717, 1.165) is 25.7 Å². The summed E-state index contributed by atoms with van der Waals surface area (Å²) in [6, 6.07) is 0. The highest BCUT2D eigenvalue weighted by Gasteiger charge is 2.60. The summed E-state index contributed by atoms with van der Waals surface area (Å²) >= 11 is 0. The number of rotatable bonds is 0. The molecule has 0 aromatic heterocycles. The van der Waals surface area contributed by atoms with Crippen LogP contribution in [0.5, 0.6) is 0 Å². The second-order valence-corrected chi connectivity index (χ2v) is 8.86. The molecule has 2 heteroatoms. The first kappa shape index (κ1) is 21.4. The molecule has 3 saturated carbocycles. The molecule has 3 fully saturated rings. The molecule has 0 aliphatic heterocycles. The van der Waals surface area contributed by atoms with Crippen molar-refractivity contribution in [2.24, 2.45) is 34.5 Å². The monoisotopic (exact) mass is 360 g/mol. The molecule has 0 N–H and O–H groups in total. The molecule has 0 bridgehead atoms. The molecule has 0 heterocycles. The second kappa shape index (κ2) is 7.98. The Labute approximate surface area is 161 Å². The van der Waals surface area contributed by atoms with Crippen LogP contribution in [0.4, 0.5) is 0 Å². The van der Waals surface area contributed by atoms with E-state index in [-0.39, 0.29) is 10.8 Å². The van der Waals surface area contributed by atoms with Crippen molar-refractivity contribution in [1.82, 2.24) is 0 Å². The van der Waals surface area contributed by atoms with Crippen LogP contribution in [0, 0.1) is 34.5 Å². The van der Waals surface area contributed by atoms with Gasteiger partial charge in [0.15, 0.2) is 5.78 Å². The summed E-state index contributed by atoms with van der Waals surface area (Å²) in [6.07, 6.45) is 9.12.